The highest BCUT2D eigenvalue weighted by Gasteiger charge is 2.33. The van der Waals surface area contributed by atoms with E-state index in [0.717, 1.165) is 25.3 Å². The van der Waals surface area contributed by atoms with Crippen LogP contribution < -0.4 is 31.3 Å². The topological polar surface area (TPSA) is 20.0 Å². The highest BCUT2D eigenvalue weighted by atomic mass is 15.3. The van der Waals surface area contributed by atoms with Gasteiger partial charge in [-0.2, -0.15) is 21.9 Å². The van der Waals surface area contributed by atoms with Crippen LogP contribution in [-0.2, 0) is 13.1 Å². The molecule has 236 valence electrons. The Hall–Kier alpha value is -6.00. The summed E-state index contributed by atoms with van der Waals surface area (Å²) in [6.07, 6.45) is 0.657. The predicted molar refractivity (Wildman–Crippen MR) is 207 cm³/mol. The van der Waals surface area contributed by atoms with Crippen LogP contribution in [-0.4, -0.2) is 17.7 Å². The van der Waals surface area contributed by atoms with Crippen LogP contribution >= 0.6 is 0 Å². The maximum atomic E-state index is 4.51. The van der Waals surface area contributed by atoms with Gasteiger partial charge in [-0.1, -0.05) is 164 Å². The fourth-order valence-electron chi connectivity index (χ4n) is 7.97. The summed E-state index contributed by atoms with van der Waals surface area (Å²) in [6.45, 7) is 2.89. The van der Waals surface area contributed by atoms with Crippen molar-refractivity contribution in [2.45, 2.75) is 13.1 Å². The molecule has 2 aromatic heterocycles. The van der Waals surface area contributed by atoms with Gasteiger partial charge in [0.25, 0.3) is 5.82 Å². The normalized spacial score (nSPS) is 12.4. The van der Waals surface area contributed by atoms with E-state index in [4.69, 9.17) is 0 Å². The van der Waals surface area contributed by atoms with Crippen LogP contribution in [0.15, 0.2) is 194 Å². The third kappa shape index (κ3) is 5.66. The van der Waals surface area contributed by atoms with E-state index < -0.39 is 6.15 Å². The number of benzene rings is 6. The first-order valence-corrected chi connectivity index (χ1v) is 17.2. The molecule has 0 unspecified atom stereocenters. The molecule has 0 spiro atoms. The third-order valence-electron chi connectivity index (χ3n) is 10.1. The number of rotatable bonds is 6. The van der Waals surface area contributed by atoms with Gasteiger partial charge in [0.05, 0.1) is 11.1 Å². The molecule has 3 heterocycles. The Kier molecular flexibility index (Phi) is 8.44. The smallest absolute Gasteiger partial charge is 0.257 e. The van der Waals surface area contributed by atoms with Crippen molar-refractivity contribution in [2.24, 2.45) is 0 Å². The van der Waals surface area contributed by atoms with Gasteiger partial charge >= 0.3 is 0 Å². The molecule has 0 fully saturated rings. The largest absolute Gasteiger partial charge is 0.285 e. The minimum atomic E-state index is -1.22. The lowest BCUT2D eigenvalue weighted by atomic mass is 9.13. The van der Waals surface area contributed by atoms with Crippen LogP contribution in [0, 0.1) is 0 Å². The fourth-order valence-corrected chi connectivity index (χ4v) is 7.97. The second-order valence-electron chi connectivity index (χ2n) is 12.8. The Balaban J connectivity index is 0.000000142. The van der Waals surface area contributed by atoms with E-state index >= 15 is 0 Å². The number of pyridine rings is 2. The maximum Gasteiger partial charge on any atom is 0.285 e. The van der Waals surface area contributed by atoms with E-state index in [-0.39, 0.29) is 0 Å². The molecule has 1 aliphatic rings. The molecule has 1 aliphatic heterocycles. The second kappa shape index (κ2) is 13.6. The Morgan fingerprint density at radius 3 is 1.43 bits per heavy atom. The lowest BCUT2D eigenvalue weighted by molar-refractivity contribution is -0.643. The summed E-state index contributed by atoms with van der Waals surface area (Å²) in [7, 11) is 0. The molecule has 4 heteroatoms. The molecule has 0 bridgehead atoms. The van der Waals surface area contributed by atoms with E-state index in [9.17, 15) is 0 Å². The van der Waals surface area contributed by atoms with E-state index in [2.05, 4.69) is 196 Å². The SMILES string of the molecule is c1ccc(CN2CC[n+]3c2c2ccccc2c2ccccc23)nc1.c1ccc([B-](c2ccccc2)(c2ccccc2)c2ccccc2)cc1. The Bertz CT molecular complexity index is 2130. The van der Waals surface area contributed by atoms with Crippen molar-refractivity contribution in [3.8, 4) is 0 Å². The standard InChI is InChI=1S/C24H20B.C21H18N3/c1-5-13-21(14-6-1)25(22-15-7-2-8-16-22,23-17-9-3-10-18-23)24-19-11-4-12-20-24;1-2-10-19-17(8-1)18-9-3-4-11-20(18)24-14-13-23(21(19)24)15-16-7-5-6-12-22-16/h1-20H;1-12H,13-15H2/q-1;+1. The van der Waals surface area contributed by atoms with Crippen molar-refractivity contribution in [3.63, 3.8) is 0 Å². The van der Waals surface area contributed by atoms with E-state index in [1.807, 2.05) is 12.3 Å². The zero-order chi connectivity index (χ0) is 32.9. The average molecular weight is 632 g/mol. The molecule has 0 amide bonds. The quantitative estimate of drug-likeness (QED) is 0.115. The summed E-state index contributed by atoms with van der Waals surface area (Å²) in [6, 6.07) is 67.1. The molecule has 9 rings (SSSR count). The predicted octanol–water partition coefficient (Wildman–Crippen LogP) is 6.76. The monoisotopic (exact) mass is 631 g/mol. The molecule has 3 nitrogen and oxygen atoms in total. The zero-order valence-electron chi connectivity index (χ0n) is 27.5. The van der Waals surface area contributed by atoms with Gasteiger partial charge in [0, 0.05) is 17.0 Å². The number of fused-ring (bicyclic) bond motifs is 6. The molecule has 49 heavy (non-hydrogen) atoms. The number of aromatic nitrogens is 2. The lowest BCUT2D eigenvalue weighted by Crippen LogP contribution is -2.74. The van der Waals surface area contributed by atoms with Gasteiger partial charge in [-0.15, -0.1) is 0 Å². The van der Waals surface area contributed by atoms with Crippen molar-refractivity contribution in [1.29, 1.82) is 0 Å². The van der Waals surface area contributed by atoms with E-state index in [1.54, 1.807) is 0 Å². The van der Waals surface area contributed by atoms with Crippen molar-refractivity contribution in [3.05, 3.63) is 200 Å². The molecule has 0 N–H and O–H groups in total. The fraction of sp³-hybridized carbons (Fsp3) is 0.0667. The van der Waals surface area contributed by atoms with Gasteiger partial charge in [0.2, 0.25) is 0 Å². The van der Waals surface area contributed by atoms with Gasteiger partial charge in [-0.05, 0) is 24.3 Å². The van der Waals surface area contributed by atoms with E-state index in [0.29, 0.717) is 0 Å². The molecule has 0 atom stereocenters. The summed E-state index contributed by atoms with van der Waals surface area (Å²) in [5.41, 5.74) is 7.78. The maximum absolute atomic E-state index is 4.51. The van der Waals surface area contributed by atoms with Gasteiger partial charge in [-0.25, -0.2) is 4.57 Å². The van der Waals surface area contributed by atoms with Crippen LogP contribution in [0.3, 0.4) is 0 Å². The molecule has 6 aromatic carbocycles. The van der Waals surface area contributed by atoms with Crippen LogP contribution in [0.4, 0.5) is 5.82 Å². The van der Waals surface area contributed by atoms with Crippen molar-refractivity contribution >= 4 is 55.5 Å². The number of hydrogen-bond donors (Lipinski definition) is 0. The van der Waals surface area contributed by atoms with Crippen LogP contribution in [0.1, 0.15) is 5.69 Å². The number of nitrogens with zero attached hydrogens (tertiary/aromatic N) is 3. The molecule has 8 aromatic rings. The number of anilines is 1. The number of para-hydroxylation sites is 1. The molecular weight excluding hydrogens is 593 g/mol. The van der Waals surface area contributed by atoms with Crippen molar-refractivity contribution in [1.82, 2.24) is 4.98 Å². The molecular formula is C45H38BN3. The highest BCUT2D eigenvalue weighted by Crippen LogP contribution is 2.32. The minimum absolute atomic E-state index is 0.850. The van der Waals surface area contributed by atoms with E-state index in [1.165, 1.54) is 49.3 Å². The summed E-state index contributed by atoms with van der Waals surface area (Å²) in [4.78, 5) is 6.96. The first-order valence-electron chi connectivity index (χ1n) is 17.2. The third-order valence-corrected chi connectivity index (χ3v) is 10.1. The van der Waals surface area contributed by atoms with Crippen molar-refractivity contribution in [2.75, 3.05) is 11.4 Å². The summed E-state index contributed by atoms with van der Waals surface area (Å²) in [5.74, 6) is 1.31. The molecule has 0 aliphatic carbocycles. The minimum Gasteiger partial charge on any atom is -0.257 e. The Morgan fingerprint density at radius 2 is 0.918 bits per heavy atom. The number of hydrogen-bond acceptors (Lipinski definition) is 2. The lowest BCUT2D eigenvalue weighted by Gasteiger charge is -2.44. The van der Waals surface area contributed by atoms with Crippen molar-refractivity contribution < 1.29 is 4.57 Å². The molecule has 0 saturated heterocycles. The van der Waals surface area contributed by atoms with Crippen LogP contribution in [0.5, 0.6) is 0 Å². The Labute approximate surface area is 288 Å². The van der Waals surface area contributed by atoms with Gasteiger partial charge in [0.15, 0.2) is 0 Å². The van der Waals surface area contributed by atoms with Gasteiger partial charge < -0.3 is 0 Å². The summed E-state index contributed by atoms with van der Waals surface area (Å²) in [5, 5.41) is 3.98. The molecule has 0 saturated carbocycles. The van der Waals surface area contributed by atoms with Crippen LogP contribution in [0.2, 0.25) is 0 Å². The summed E-state index contributed by atoms with van der Waals surface area (Å²) >= 11 is 0. The highest BCUT2D eigenvalue weighted by molar-refractivity contribution is 7.19. The average Bonchev–Trinajstić information content (AvgIpc) is 3.61. The molecule has 0 radical (unpaired) electrons. The van der Waals surface area contributed by atoms with Gasteiger partial charge in [-0.3, -0.25) is 9.88 Å². The first-order chi connectivity index (χ1) is 24.3. The second-order valence-corrected chi connectivity index (χ2v) is 12.8. The Morgan fingerprint density at radius 1 is 0.469 bits per heavy atom. The zero-order valence-corrected chi connectivity index (χ0v) is 27.5. The summed E-state index contributed by atoms with van der Waals surface area (Å²) < 4.78 is 2.46. The van der Waals surface area contributed by atoms with Gasteiger partial charge in [0.1, 0.15) is 31.3 Å². The first kappa shape index (κ1) is 30.3. The van der Waals surface area contributed by atoms with Crippen LogP contribution in [0.25, 0.3) is 21.7 Å².